The van der Waals surface area contributed by atoms with E-state index >= 15 is 0 Å². The van der Waals surface area contributed by atoms with E-state index in [0.29, 0.717) is 6.04 Å². The standard InChI is InChI=1S/C15H22N2O2.ClH/c1-17(14-6-8-18-11-14)13-4-2-12(3-5-13)15-10-16-7-9-19-15;/h2-5,14-16H,6-11H2,1H3;1H/t14-,15-;/m1./s1. The van der Waals surface area contributed by atoms with Gasteiger partial charge in [0.2, 0.25) is 0 Å². The molecule has 0 amide bonds. The van der Waals surface area contributed by atoms with Gasteiger partial charge in [-0.25, -0.2) is 0 Å². The van der Waals surface area contributed by atoms with Gasteiger partial charge in [-0.05, 0) is 24.1 Å². The molecule has 0 bridgehead atoms. The second-order valence-corrected chi connectivity index (χ2v) is 5.28. The maximum Gasteiger partial charge on any atom is 0.0949 e. The summed E-state index contributed by atoms with van der Waals surface area (Å²) < 4.78 is 11.2. The number of rotatable bonds is 3. The zero-order chi connectivity index (χ0) is 13.1. The van der Waals surface area contributed by atoms with Crippen LogP contribution in [-0.4, -0.2) is 46.0 Å². The lowest BCUT2D eigenvalue weighted by atomic mass is 10.1. The highest BCUT2D eigenvalue weighted by Gasteiger charge is 2.21. The molecular weight excluding hydrogens is 276 g/mol. The largest absolute Gasteiger partial charge is 0.379 e. The summed E-state index contributed by atoms with van der Waals surface area (Å²) in [4.78, 5) is 2.32. The Kier molecular flexibility index (Phi) is 5.66. The van der Waals surface area contributed by atoms with Gasteiger partial charge in [0, 0.05) is 32.4 Å². The zero-order valence-electron chi connectivity index (χ0n) is 11.9. The number of anilines is 1. The molecule has 0 unspecified atom stereocenters. The third kappa shape index (κ3) is 3.44. The van der Waals surface area contributed by atoms with Crippen molar-refractivity contribution < 1.29 is 9.47 Å². The first-order valence-corrected chi connectivity index (χ1v) is 7.07. The number of hydrogen-bond donors (Lipinski definition) is 1. The van der Waals surface area contributed by atoms with Gasteiger partial charge < -0.3 is 19.7 Å². The Morgan fingerprint density at radius 1 is 1.20 bits per heavy atom. The number of morpholine rings is 1. The quantitative estimate of drug-likeness (QED) is 0.925. The highest BCUT2D eigenvalue weighted by atomic mass is 35.5. The summed E-state index contributed by atoms with van der Waals surface area (Å²) in [7, 11) is 2.15. The SMILES string of the molecule is CN(c1ccc([C@H]2CNCCO2)cc1)[C@@H]1CCOC1.Cl. The lowest BCUT2D eigenvalue weighted by molar-refractivity contribution is 0.0277. The first kappa shape index (κ1) is 15.6. The van der Waals surface area contributed by atoms with Crippen molar-refractivity contribution in [3.63, 3.8) is 0 Å². The summed E-state index contributed by atoms with van der Waals surface area (Å²) in [6, 6.07) is 9.24. The number of nitrogens with one attached hydrogen (secondary N) is 1. The van der Waals surface area contributed by atoms with E-state index in [1.165, 1.54) is 11.3 Å². The molecule has 112 valence electrons. The number of ether oxygens (including phenoxy) is 2. The second-order valence-electron chi connectivity index (χ2n) is 5.28. The van der Waals surface area contributed by atoms with Crippen LogP contribution in [0, 0.1) is 0 Å². The maximum atomic E-state index is 5.77. The molecule has 0 aliphatic carbocycles. The smallest absolute Gasteiger partial charge is 0.0949 e. The Balaban J connectivity index is 0.00000147. The molecule has 0 saturated carbocycles. The molecule has 0 aromatic heterocycles. The van der Waals surface area contributed by atoms with Gasteiger partial charge in [0.25, 0.3) is 0 Å². The molecule has 20 heavy (non-hydrogen) atoms. The predicted octanol–water partition coefficient (Wildman–Crippen LogP) is 1.99. The molecule has 4 nitrogen and oxygen atoms in total. The zero-order valence-corrected chi connectivity index (χ0v) is 12.7. The topological polar surface area (TPSA) is 33.7 Å². The molecule has 1 aromatic rings. The van der Waals surface area contributed by atoms with Crippen molar-refractivity contribution in [1.29, 1.82) is 0 Å². The van der Waals surface area contributed by atoms with Crippen molar-refractivity contribution >= 4 is 18.1 Å². The Morgan fingerprint density at radius 3 is 2.60 bits per heavy atom. The number of halogens is 1. The maximum absolute atomic E-state index is 5.77. The summed E-state index contributed by atoms with van der Waals surface area (Å²) in [6.07, 6.45) is 1.32. The molecule has 2 saturated heterocycles. The number of hydrogen-bond acceptors (Lipinski definition) is 4. The fourth-order valence-corrected chi connectivity index (χ4v) is 2.74. The van der Waals surface area contributed by atoms with Crippen LogP contribution in [-0.2, 0) is 9.47 Å². The van der Waals surface area contributed by atoms with Crippen LogP contribution in [0.1, 0.15) is 18.1 Å². The van der Waals surface area contributed by atoms with Gasteiger partial charge in [-0.3, -0.25) is 0 Å². The van der Waals surface area contributed by atoms with Crippen molar-refractivity contribution in [2.24, 2.45) is 0 Å². The van der Waals surface area contributed by atoms with Crippen LogP contribution in [0.4, 0.5) is 5.69 Å². The van der Waals surface area contributed by atoms with Gasteiger partial charge >= 0.3 is 0 Å². The average molecular weight is 299 g/mol. The van der Waals surface area contributed by atoms with Gasteiger partial charge in [-0.2, -0.15) is 0 Å². The van der Waals surface area contributed by atoms with Gasteiger partial charge in [-0.1, -0.05) is 12.1 Å². The van der Waals surface area contributed by atoms with Crippen LogP contribution in [0.5, 0.6) is 0 Å². The summed E-state index contributed by atoms with van der Waals surface area (Å²) in [5.74, 6) is 0. The van der Waals surface area contributed by atoms with Crippen molar-refractivity contribution in [3.05, 3.63) is 29.8 Å². The molecule has 2 atom stereocenters. The van der Waals surface area contributed by atoms with Crippen LogP contribution in [0.2, 0.25) is 0 Å². The highest BCUT2D eigenvalue weighted by Crippen LogP contribution is 2.24. The molecule has 2 aliphatic heterocycles. The van der Waals surface area contributed by atoms with Gasteiger partial charge in [-0.15, -0.1) is 12.4 Å². The number of benzene rings is 1. The van der Waals surface area contributed by atoms with Crippen molar-refractivity contribution in [2.45, 2.75) is 18.6 Å². The van der Waals surface area contributed by atoms with Crippen LogP contribution >= 0.6 is 12.4 Å². The first-order valence-electron chi connectivity index (χ1n) is 7.07. The van der Waals surface area contributed by atoms with Crippen molar-refractivity contribution in [1.82, 2.24) is 5.32 Å². The Hall–Kier alpha value is -0.810. The van der Waals surface area contributed by atoms with Crippen LogP contribution in [0.3, 0.4) is 0 Å². The van der Waals surface area contributed by atoms with E-state index in [-0.39, 0.29) is 18.5 Å². The molecule has 1 aromatic carbocycles. The fraction of sp³-hybridized carbons (Fsp3) is 0.600. The average Bonchev–Trinajstić information content (AvgIpc) is 3.02. The Morgan fingerprint density at radius 2 is 2.00 bits per heavy atom. The Labute approximate surface area is 126 Å². The van der Waals surface area contributed by atoms with E-state index in [1.807, 2.05) is 0 Å². The minimum Gasteiger partial charge on any atom is -0.379 e. The van der Waals surface area contributed by atoms with Crippen LogP contribution in [0.25, 0.3) is 0 Å². The summed E-state index contributed by atoms with van der Waals surface area (Å²) in [5, 5.41) is 3.36. The highest BCUT2D eigenvalue weighted by molar-refractivity contribution is 5.85. The van der Waals surface area contributed by atoms with Crippen molar-refractivity contribution in [3.8, 4) is 0 Å². The molecule has 0 radical (unpaired) electrons. The number of nitrogens with zero attached hydrogens (tertiary/aromatic N) is 1. The molecule has 2 fully saturated rings. The molecule has 2 heterocycles. The Bertz CT molecular complexity index is 401. The van der Waals surface area contributed by atoms with E-state index in [0.717, 1.165) is 39.3 Å². The van der Waals surface area contributed by atoms with Gasteiger partial charge in [0.05, 0.1) is 25.4 Å². The number of likely N-dealkylation sites (N-methyl/N-ethyl adjacent to an activating group) is 1. The summed E-state index contributed by atoms with van der Waals surface area (Å²) in [5.41, 5.74) is 2.51. The molecule has 2 aliphatic rings. The van der Waals surface area contributed by atoms with Crippen LogP contribution in [0.15, 0.2) is 24.3 Å². The van der Waals surface area contributed by atoms with E-state index < -0.39 is 0 Å². The first-order chi connectivity index (χ1) is 9.34. The lowest BCUT2D eigenvalue weighted by Crippen LogP contribution is -2.33. The van der Waals surface area contributed by atoms with E-state index in [2.05, 4.69) is 41.5 Å². The second kappa shape index (κ2) is 7.27. The molecule has 5 heteroatoms. The minimum absolute atomic E-state index is 0. The fourth-order valence-electron chi connectivity index (χ4n) is 2.74. The monoisotopic (exact) mass is 298 g/mol. The van der Waals surface area contributed by atoms with E-state index in [9.17, 15) is 0 Å². The third-order valence-corrected chi connectivity index (χ3v) is 4.05. The van der Waals surface area contributed by atoms with Gasteiger partial charge in [0.1, 0.15) is 0 Å². The van der Waals surface area contributed by atoms with E-state index in [4.69, 9.17) is 9.47 Å². The predicted molar refractivity (Wildman–Crippen MR) is 82.9 cm³/mol. The third-order valence-electron chi connectivity index (χ3n) is 4.05. The van der Waals surface area contributed by atoms with E-state index in [1.54, 1.807) is 0 Å². The minimum atomic E-state index is 0. The lowest BCUT2D eigenvalue weighted by Gasteiger charge is -2.27. The molecule has 0 spiro atoms. The molecular formula is C15H23ClN2O2. The van der Waals surface area contributed by atoms with Crippen molar-refractivity contribution in [2.75, 3.05) is 44.9 Å². The van der Waals surface area contributed by atoms with Gasteiger partial charge in [0.15, 0.2) is 0 Å². The molecule has 3 rings (SSSR count). The van der Waals surface area contributed by atoms with Crippen LogP contribution < -0.4 is 10.2 Å². The normalized spacial score (nSPS) is 26.1. The summed E-state index contributed by atoms with van der Waals surface area (Å²) >= 11 is 0. The summed E-state index contributed by atoms with van der Waals surface area (Å²) in [6.45, 7) is 4.39. The molecule has 1 N–H and O–H groups in total.